The molecular weight excluding hydrogens is 594 g/mol. The molecule has 0 aliphatic rings. The number of nitrogens with zero attached hydrogens (tertiary/aromatic N) is 1. The first-order valence-electron chi connectivity index (χ1n) is 15.9. The monoisotopic (exact) mass is 655 g/mol. The second-order valence-corrected chi connectivity index (χ2v) is 9.41. The Bertz CT molecular complexity index is 584. The molecule has 14 nitrogen and oxygen atoms in total. The van der Waals surface area contributed by atoms with E-state index in [1.807, 2.05) is 14.1 Å². The first kappa shape index (κ1) is 44.0. The topological polar surface area (TPSA) is 123 Å². The van der Waals surface area contributed by atoms with Crippen LogP contribution in [0.1, 0.15) is 0 Å². The lowest BCUT2D eigenvalue weighted by Gasteiger charge is -2.10. The fraction of sp³-hybridized carbons (Fsp3) is 0.935. The van der Waals surface area contributed by atoms with Crippen LogP contribution < -0.4 is 0 Å². The Morgan fingerprint density at radius 3 is 0.667 bits per heavy atom. The average molecular weight is 656 g/mol. The van der Waals surface area contributed by atoms with Crippen molar-refractivity contribution < 1.29 is 61.6 Å². The van der Waals surface area contributed by atoms with Gasteiger partial charge in [0.2, 0.25) is 0 Å². The van der Waals surface area contributed by atoms with E-state index in [9.17, 15) is 0 Å². The van der Waals surface area contributed by atoms with Crippen LogP contribution in [0, 0.1) is 12.3 Å². The average Bonchev–Trinajstić information content (AvgIpc) is 3.03. The summed E-state index contributed by atoms with van der Waals surface area (Å²) in [5.74, 6) is 2.40. The highest BCUT2D eigenvalue weighted by Gasteiger charge is 1.97. The summed E-state index contributed by atoms with van der Waals surface area (Å²) in [5.41, 5.74) is 0. The standard InChI is InChI=1S/C31H61NO13/c1-4-6-33-8-10-35-12-14-37-16-18-39-20-22-41-24-26-43-28-30-45-31-29-44-27-25-42-23-21-40-19-17-38-15-13-36-11-9-34-7-5-32(2)3/h1H,5-31H2,2-3H3. The number of likely N-dealkylation sites (N-methyl/N-ethyl adjacent to an activating group) is 1. The maximum absolute atomic E-state index is 5.48. The number of hydrogen-bond donors (Lipinski definition) is 0. The summed E-state index contributed by atoms with van der Waals surface area (Å²) in [4.78, 5) is 2.08. The van der Waals surface area contributed by atoms with Crippen molar-refractivity contribution in [2.45, 2.75) is 0 Å². The van der Waals surface area contributed by atoms with Crippen LogP contribution in [0.25, 0.3) is 0 Å². The summed E-state index contributed by atoms with van der Waals surface area (Å²) in [6.45, 7) is 14.4. The number of hydrogen-bond acceptors (Lipinski definition) is 14. The van der Waals surface area contributed by atoms with Crippen LogP contribution in [0.2, 0.25) is 0 Å². The van der Waals surface area contributed by atoms with E-state index in [4.69, 9.17) is 68.0 Å². The summed E-state index contributed by atoms with van der Waals surface area (Å²) < 4.78 is 70.5. The highest BCUT2D eigenvalue weighted by molar-refractivity contribution is 4.82. The Kier molecular flexibility index (Phi) is 40.1. The predicted octanol–water partition coefficient (Wildman–Crippen LogP) is 0.397. The maximum Gasteiger partial charge on any atom is 0.107 e. The number of rotatable bonds is 40. The maximum atomic E-state index is 5.48. The summed E-state index contributed by atoms with van der Waals surface area (Å²) in [7, 11) is 4.04. The molecule has 14 heteroatoms. The third-order valence-corrected chi connectivity index (χ3v) is 5.33. The largest absolute Gasteiger partial charge is 0.378 e. The Labute approximate surface area is 271 Å². The van der Waals surface area contributed by atoms with Crippen molar-refractivity contribution in [1.82, 2.24) is 4.90 Å². The molecule has 0 N–H and O–H groups in total. The first-order valence-corrected chi connectivity index (χ1v) is 15.9. The van der Waals surface area contributed by atoms with Gasteiger partial charge >= 0.3 is 0 Å². The molecule has 0 fully saturated rings. The van der Waals surface area contributed by atoms with E-state index in [1.54, 1.807) is 0 Å². The zero-order chi connectivity index (χ0) is 32.6. The van der Waals surface area contributed by atoms with Crippen molar-refractivity contribution in [2.24, 2.45) is 0 Å². The molecule has 0 aromatic rings. The highest BCUT2D eigenvalue weighted by atomic mass is 16.6. The molecule has 0 saturated carbocycles. The number of terminal acetylenes is 1. The molecule has 45 heavy (non-hydrogen) atoms. The Morgan fingerprint density at radius 1 is 0.311 bits per heavy atom. The van der Waals surface area contributed by atoms with Gasteiger partial charge in [-0.1, -0.05) is 5.92 Å². The Hall–Kier alpha value is -1.00. The van der Waals surface area contributed by atoms with E-state index in [0.29, 0.717) is 172 Å². The Morgan fingerprint density at radius 2 is 0.489 bits per heavy atom. The molecule has 0 unspecified atom stereocenters. The molecule has 0 aliphatic heterocycles. The van der Waals surface area contributed by atoms with Gasteiger partial charge in [-0.05, 0) is 14.1 Å². The van der Waals surface area contributed by atoms with Crippen LogP contribution >= 0.6 is 0 Å². The summed E-state index contributed by atoms with van der Waals surface area (Å²) in [6.07, 6.45) is 5.08. The van der Waals surface area contributed by atoms with Crippen molar-refractivity contribution in [1.29, 1.82) is 0 Å². The van der Waals surface area contributed by atoms with Gasteiger partial charge in [-0.2, -0.15) is 0 Å². The molecule has 0 atom stereocenters. The second-order valence-electron chi connectivity index (χ2n) is 9.41. The normalized spacial score (nSPS) is 11.5. The molecule has 0 bridgehead atoms. The van der Waals surface area contributed by atoms with E-state index >= 15 is 0 Å². The van der Waals surface area contributed by atoms with Crippen molar-refractivity contribution in [3.8, 4) is 12.3 Å². The van der Waals surface area contributed by atoms with Gasteiger partial charge in [-0.25, -0.2) is 0 Å². The second kappa shape index (κ2) is 41.0. The third kappa shape index (κ3) is 43.0. The van der Waals surface area contributed by atoms with Gasteiger partial charge in [0.1, 0.15) is 6.61 Å². The van der Waals surface area contributed by atoms with E-state index in [1.165, 1.54) is 0 Å². The quantitative estimate of drug-likeness (QED) is 0.0668. The van der Waals surface area contributed by atoms with Gasteiger partial charge in [-0.15, -0.1) is 6.42 Å². The van der Waals surface area contributed by atoms with Gasteiger partial charge in [0.05, 0.1) is 165 Å². The minimum Gasteiger partial charge on any atom is -0.378 e. The highest BCUT2D eigenvalue weighted by Crippen LogP contribution is 1.88. The zero-order valence-electron chi connectivity index (χ0n) is 27.9. The molecule has 0 aromatic heterocycles. The fourth-order valence-corrected chi connectivity index (χ4v) is 3.02. The van der Waals surface area contributed by atoms with Gasteiger partial charge < -0.3 is 66.5 Å². The van der Waals surface area contributed by atoms with Crippen LogP contribution in [0.3, 0.4) is 0 Å². The minimum absolute atomic E-state index is 0.307. The minimum atomic E-state index is 0.307. The van der Waals surface area contributed by atoms with Gasteiger partial charge in [0.15, 0.2) is 0 Å². The molecule has 0 amide bonds. The Balaban J connectivity index is 3.04. The van der Waals surface area contributed by atoms with Gasteiger partial charge in [0, 0.05) is 6.54 Å². The zero-order valence-corrected chi connectivity index (χ0v) is 27.9. The van der Waals surface area contributed by atoms with Crippen LogP contribution in [-0.2, 0) is 61.6 Å². The molecule has 0 aliphatic carbocycles. The lowest BCUT2D eigenvalue weighted by Crippen LogP contribution is -2.19. The predicted molar refractivity (Wildman–Crippen MR) is 168 cm³/mol. The fourth-order valence-electron chi connectivity index (χ4n) is 3.02. The summed E-state index contributed by atoms with van der Waals surface area (Å²) in [5, 5.41) is 0. The van der Waals surface area contributed by atoms with E-state index in [0.717, 1.165) is 6.54 Å². The van der Waals surface area contributed by atoms with E-state index in [2.05, 4.69) is 10.8 Å². The number of ether oxygens (including phenoxy) is 13. The molecular formula is C31H61NO13. The van der Waals surface area contributed by atoms with Gasteiger partial charge in [-0.3, -0.25) is 0 Å². The first-order chi connectivity index (χ1) is 22.3. The molecule has 0 aromatic carbocycles. The lowest BCUT2D eigenvalue weighted by molar-refractivity contribution is -0.0289. The smallest absolute Gasteiger partial charge is 0.107 e. The van der Waals surface area contributed by atoms with Crippen LogP contribution in [0.4, 0.5) is 0 Å². The summed E-state index contributed by atoms with van der Waals surface area (Å²) >= 11 is 0. The van der Waals surface area contributed by atoms with Crippen molar-refractivity contribution >= 4 is 0 Å². The van der Waals surface area contributed by atoms with Gasteiger partial charge in [0.25, 0.3) is 0 Å². The SMILES string of the molecule is C#CCOCCOCCOCCOCCOCCOCCOCCOCCOCCOCCOCCOCCOCCN(C)C. The molecule has 0 heterocycles. The van der Waals surface area contributed by atoms with Crippen LogP contribution in [0.5, 0.6) is 0 Å². The molecule has 0 spiro atoms. The van der Waals surface area contributed by atoms with Crippen LogP contribution in [-0.4, -0.2) is 197 Å². The molecule has 0 saturated heterocycles. The molecule has 268 valence electrons. The van der Waals surface area contributed by atoms with Crippen molar-refractivity contribution in [3.05, 3.63) is 0 Å². The van der Waals surface area contributed by atoms with Crippen molar-refractivity contribution in [3.63, 3.8) is 0 Å². The lowest BCUT2D eigenvalue weighted by atomic mass is 10.6. The third-order valence-electron chi connectivity index (χ3n) is 5.33. The molecule has 0 rings (SSSR count). The van der Waals surface area contributed by atoms with E-state index in [-0.39, 0.29) is 0 Å². The van der Waals surface area contributed by atoms with E-state index < -0.39 is 0 Å². The van der Waals surface area contributed by atoms with Crippen molar-refractivity contribution in [2.75, 3.05) is 192 Å². The van der Waals surface area contributed by atoms with Crippen LogP contribution in [0.15, 0.2) is 0 Å². The summed E-state index contributed by atoms with van der Waals surface area (Å²) in [6, 6.07) is 0. The molecule has 0 radical (unpaired) electrons.